The molecule has 1 aliphatic heterocycles. The molecule has 3 amide bonds. The molecule has 4 aromatic rings. The second-order valence-corrected chi connectivity index (χ2v) is 9.89. The van der Waals surface area contributed by atoms with Crippen molar-refractivity contribution in [2.45, 2.75) is 29.2 Å². The first-order valence-corrected chi connectivity index (χ1v) is 12.8. The quantitative estimate of drug-likeness (QED) is 0.306. The molecule has 180 valence electrons. The summed E-state index contributed by atoms with van der Waals surface area (Å²) in [5, 5.41) is 5.90. The Kier molecular flexibility index (Phi) is 7.05. The van der Waals surface area contributed by atoms with Crippen molar-refractivity contribution in [3.05, 3.63) is 120 Å². The zero-order valence-electron chi connectivity index (χ0n) is 20.0. The van der Waals surface area contributed by atoms with Crippen LogP contribution in [0.15, 0.2) is 113 Å². The van der Waals surface area contributed by atoms with E-state index in [4.69, 9.17) is 0 Å². The number of carbonyl (C=O) groups excluding carboxylic acids is 2. The van der Waals surface area contributed by atoms with Crippen molar-refractivity contribution in [2.75, 3.05) is 16.8 Å². The summed E-state index contributed by atoms with van der Waals surface area (Å²) in [6, 6.07) is 33.2. The minimum Gasteiger partial charge on any atom is -0.337 e. The van der Waals surface area contributed by atoms with Crippen LogP contribution in [-0.4, -0.2) is 18.5 Å². The van der Waals surface area contributed by atoms with Gasteiger partial charge in [0.2, 0.25) is 0 Å². The molecule has 0 saturated carbocycles. The number of fused-ring (bicyclic) bond motifs is 2. The van der Waals surface area contributed by atoms with E-state index in [1.165, 1.54) is 5.56 Å². The van der Waals surface area contributed by atoms with E-state index in [0.717, 1.165) is 21.0 Å². The molecular weight excluding hydrogens is 466 g/mol. The van der Waals surface area contributed by atoms with E-state index < -0.39 is 0 Å². The lowest BCUT2D eigenvalue weighted by Gasteiger charge is -2.24. The van der Waals surface area contributed by atoms with Crippen LogP contribution in [0.5, 0.6) is 0 Å². The molecule has 4 aromatic carbocycles. The lowest BCUT2D eigenvalue weighted by atomic mass is 10.0. The lowest BCUT2D eigenvalue weighted by Crippen LogP contribution is -2.32. The topological polar surface area (TPSA) is 61.4 Å². The normalized spacial score (nSPS) is 13.2. The van der Waals surface area contributed by atoms with Gasteiger partial charge in [-0.3, -0.25) is 4.79 Å². The minimum absolute atomic E-state index is 0.0565. The van der Waals surface area contributed by atoms with Gasteiger partial charge in [0.1, 0.15) is 0 Å². The van der Waals surface area contributed by atoms with Gasteiger partial charge in [0.05, 0.1) is 17.8 Å². The Bertz CT molecular complexity index is 1380. The highest BCUT2D eigenvalue weighted by Gasteiger charge is 2.27. The molecule has 36 heavy (non-hydrogen) atoms. The van der Waals surface area contributed by atoms with Crippen molar-refractivity contribution in [2.24, 2.45) is 0 Å². The van der Waals surface area contributed by atoms with Crippen molar-refractivity contribution >= 4 is 35.1 Å². The maximum Gasteiger partial charge on any atom is 0.319 e. The minimum atomic E-state index is -0.275. The van der Waals surface area contributed by atoms with Gasteiger partial charge in [-0.1, -0.05) is 91.5 Å². The van der Waals surface area contributed by atoms with Crippen LogP contribution in [-0.2, 0) is 6.54 Å². The van der Waals surface area contributed by atoms with Crippen LogP contribution in [0.25, 0.3) is 0 Å². The molecule has 1 aliphatic rings. The summed E-state index contributed by atoms with van der Waals surface area (Å²) in [7, 11) is 0. The van der Waals surface area contributed by atoms with Gasteiger partial charge in [-0.25, -0.2) is 4.79 Å². The molecule has 1 atom stereocenters. The molecule has 0 bridgehead atoms. The molecule has 6 heteroatoms. The van der Waals surface area contributed by atoms with Gasteiger partial charge in [-0.2, -0.15) is 0 Å². The number of amides is 3. The highest BCUT2D eigenvalue weighted by atomic mass is 32.2. The Morgan fingerprint density at radius 1 is 0.861 bits per heavy atom. The van der Waals surface area contributed by atoms with Gasteiger partial charge in [-0.15, -0.1) is 0 Å². The fourth-order valence-electron chi connectivity index (χ4n) is 4.24. The summed E-state index contributed by atoms with van der Waals surface area (Å²) < 4.78 is 0. The Morgan fingerprint density at radius 3 is 2.33 bits per heavy atom. The van der Waals surface area contributed by atoms with Gasteiger partial charge < -0.3 is 15.5 Å². The number of nitrogens with zero attached hydrogens (tertiary/aromatic N) is 1. The fourth-order valence-corrected chi connectivity index (χ4v) is 5.30. The smallest absolute Gasteiger partial charge is 0.319 e. The average Bonchev–Trinajstić information content (AvgIpc) is 3.03. The van der Waals surface area contributed by atoms with Gasteiger partial charge in [-0.05, 0) is 47.4 Å². The number of hydrogen-bond donors (Lipinski definition) is 2. The number of benzene rings is 4. The van der Waals surface area contributed by atoms with Gasteiger partial charge >= 0.3 is 6.03 Å². The summed E-state index contributed by atoms with van der Waals surface area (Å²) in [6.45, 7) is 3.04. The number of rotatable bonds is 6. The zero-order chi connectivity index (χ0) is 24.9. The van der Waals surface area contributed by atoms with Crippen LogP contribution in [0.2, 0.25) is 0 Å². The number of urea groups is 1. The van der Waals surface area contributed by atoms with E-state index >= 15 is 0 Å². The highest BCUT2D eigenvalue weighted by Crippen LogP contribution is 2.43. The molecule has 0 unspecified atom stereocenters. The zero-order valence-corrected chi connectivity index (χ0v) is 20.8. The van der Waals surface area contributed by atoms with Crippen molar-refractivity contribution in [3.63, 3.8) is 0 Å². The molecule has 1 heterocycles. The van der Waals surface area contributed by atoms with Crippen molar-refractivity contribution < 1.29 is 9.59 Å². The van der Waals surface area contributed by atoms with Crippen molar-refractivity contribution in [1.29, 1.82) is 0 Å². The average molecular weight is 494 g/mol. The first-order chi connectivity index (χ1) is 17.6. The van der Waals surface area contributed by atoms with Crippen LogP contribution in [0.1, 0.15) is 34.3 Å². The summed E-state index contributed by atoms with van der Waals surface area (Å²) in [6.07, 6.45) is 0. The number of nitrogens with one attached hydrogen (secondary N) is 2. The lowest BCUT2D eigenvalue weighted by molar-refractivity contribution is 0.0982. The first-order valence-electron chi connectivity index (χ1n) is 11.9. The molecule has 0 aromatic heterocycles. The second kappa shape index (κ2) is 10.7. The Labute approximate surface area is 215 Å². The summed E-state index contributed by atoms with van der Waals surface area (Å²) in [4.78, 5) is 30.0. The molecule has 0 saturated heterocycles. The molecule has 0 fully saturated rings. The number of anilines is 2. The van der Waals surface area contributed by atoms with Gasteiger partial charge in [0, 0.05) is 22.0 Å². The van der Waals surface area contributed by atoms with Crippen LogP contribution >= 0.6 is 11.8 Å². The van der Waals surface area contributed by atoms with Crippen molar-refractivity contribution in [1.82, 2.24) is 5.32 Å². The SMILES string of the molecule is C[C@H](CNC(=O)Nc1ccc2c(c1)N(Cc1ccccc1)C(=O)c1ccccc1S2)c1ccccc1. The standard InChI is InChI=1S/C30H27N3O2S/c1-21(23-12-6-3-7-13-23)19-31-30(35)32-24-16-17-28-26(18-24)33(20-22-10-4-2-5-11-22)29(34)25-14-8-9-15-27(25)36-28/h2-18,21H,19-20H2,1H3,(H2,31,32,35)/t21-/m1/s1. The van der Waals surface area contributed by atoms with Crippen LogP contribution in [0.4, 0.5) is 16.2 Å². The highest BCUT2D eigenvalue weighted by molar-refractivity contribution is 7.99. The van der Waals surface area contributed by atoms with Crippen LogP contribution < -0.4 is 15.5 Å². The number of hydrogen-bond acceptors (Lipinski definition) is 3. The maximum absolute atomic E-state index is 13.7. The van der Waals surface area contributed by atoms with E-state index in [1.54, 1.807) is 16.7 Å². The van der Waals surface area contributed by atoms with Gasteiger partial charge in [0.15, 0.2) is 0 Å². The van der Waals surface area contributed by atoms with E-state index in [1.807, 2.05) is 91.0 Å². The molecule has 0 spiro atoms. The predicted molar refractivity (Wildman–Crippen MR) is 146 cm³/mol. The number of carbonyl (C=O) groups is 2. The molecule has 0 radical (unpaired) electrons. The van der Waals surface area contributed by atoms with E-state index in [9.17, 15) is 9.59 Å². The maximum atomic E-state index is 13.7. The first kappa shape index (κ1) is 23.7. The van der Waals surface area contributed by atoms with Crippen LogP contribution in [0.3, 0.4) is 0 Å². The molecule has 5 nitrogen and oxygen atoms in total. The fraction of sp³-hybridized carbons (Fsp3) is 0.133. The third-order valence-corrected chi connectivity index (χ3v) is 7.35. The van der Waals surface area contributed by atoms with Crippen molar-refractivity contribution in [3.8, 4) is 0 Å². The molecular formula is C30H27N3O2S. The molecule has 5 rings (SSSR count). The largest absolute Gasteiger partial charge is 0.337 e. The second-order valence-electron chi connectivity index (χ2n) is 8.80. The van der Waals surface area contributed by atoms with E-state index in [-0.39, 0.29) is 17.9 Å². The van der Waals surface area contributed by atoms with Gasteiger partial charge in [0.25, 0.3) is 5.91 Å². The van der Waals surface area contributed by atoms with E-state index in [2.05, 4.69) is 29.7 Å². The molecule has 2 N–H and O–H groups in total. The Hall–Kier alpha value is -4.03. The molecule has 0 aliphatic carbocycles. The monoisotopic (exact) mass is 493 g/mol. The summed E-state index contributed by atoms with van der Waals surface area (Å²) in [5.74, 6) is 0.136. The Balaban J connectivity index is 1.38. The summed E-state index contributed by atoms with van der Waals surface area (Å²) >= 11 is 1.57. The summed E-state index contributed by atoms with van der Waals surface area (Å²) in [5.41, 5.74) is 4.30. The predicted octanol–water partition coefficient (Wildman–Crippen LogP) is 6.92. The third-order valence-electron chi connectivity index (χ3n) is 6.21. The third kappa shape index (κ3) is 5.29. The van der Waals surface area contributed by atoms with Crippen LogP contribution in [0, 0.1) is 0 Å². The van der Waals surface area contributed by atoms with E-state index in [0.29, 0.717) is 24.3 Å². The Morgan fingerprint density at radius 2 is 1.56 bits per heavy atom.